The lowest BCUT2D eigenvalue weighted by molar-refractivity contribution is -0.131. The SMILES string of the molecule is Cc1ccc(Oc2cc(N3CCN(CC(=O)N4CCCC4)CC3)ncn2)cc1. The van der Waals surface area contributed by atoms with Gasteiger partial charge in [0, 0.05) is 45.3 Å². The van der Waals surface area contributed by atoms with E-state index in [9.17, 15) is 4.79 Å². The number of amides is 1. The minimum atomic E-state index is 0.266. The molecule has 2 fully saturated rings. The van der Waals surface area contributed by atoms with E-state index < -0.39 is 0 Å². The fourth-order valence-corrected chi connectivity index (χ4v) is 3.68. The maximum absolute atomic E-state index is 12.3. The molecule has 1 aromatic heterocycles. The van der Waals surface area contributed by atoms with Crippen LogP contribution in [0, 0.1) is 6.92 Å². The summed E-state index contributed by atoms with van der Waals surface area (Å²) < 4.78 is 5.86. The third kappa shape index (κ3) is 4.59. The molecule has 2 saturated heterocycles. The number of hydrogen-bond donors (Lipinski definition) is 0. The number of aryl methyl sites for hydroxylation is 1. The zero-order valence-corrected chi connectivity index (χ0v) is 16.4. The predicted molar refractivity (Wildman–Crippen MR) is 108 cm³/mol. The van der Waals surface area contributed by atoms with E-state index in [4.69, 9.17) is 4.74 Å². The Balaban J connectivity index is 1.31. The Kier molecular flexibility index (Phi) is 5.71. The van der Waals surface area contributed by atoms with Gasteiger partial charge in [0.25, 0.3) is 0 Å². The van der Waals surface area contributed by atoms with Crippen molar-refractivity contribution >= 4 is 11.7 Å². The highest BCUT2D eigenvalue weighted by atomic mass is 16.5. The van der Waals surface area contributed by atoms with Crippen molar-refractivity contribution in [3.63, 3.8) is 0 Å². The first-order chi connectivity index (χ1) is 13.7. The highest BCUT2D eigenvalue weighted by molar-refractivity contribution is 5.78. The first-order valence-electron chi connectivity index (χ1n) is 9.99. The molecule has 28 heavy (non-hydrogen) atoms. The molecule has 0 spiro atoms. The average molecular weight is 381 g/mol. The van der Waals surface area contributed by atoms with E-state index in [-0.39, 0.29) is 5.91 Å². The molecule has 0 saturated carbocycles. The number of carbonyl (C=O) groups is 1. The fraction of sp³-hybridized carbons (Fsp3) is 0.476. The zero-order valence-electron chi connectivity index (χ0n) is 16.4. The van der Waals surface area contributed by atoms with E-state index in [1.54, 1.807) is 6.33 Å². The van der Waals surface area contributed by atoms with Crippen LogP contribution in [0.5, 0.6) is 11.6 Å². The third-order valence-corrected chi connectivity index (χ3v) is 5.38. The minimum absolute atomic E-state index is 0.266. The number of ether oxygens (including phenoxy) is 1. The van der Waals surface area contributed by atoms with Crippen LogP contribution in [0.3, 0.4) is 0 Å². The number of rotatable bonds is 5. The van der Waals surface area contributed by atoms with E-state index in [0.29, 0.717) is 12.4 Å². The molecule has 0 bridgehead atoms. The molecule has 7 heteroatoms. The normalized spacial score (nSPS) is 17.8. The molecule has 3 heterocycles. The van der Waals surface area contributed by atoms with Crippen LogP contribution in [0.15, 0.2) is 36.7 Å². The second-order valence-electron chi connectivity index (χ2n) is 7.48. The van der Waals surface area contributed by atoms with Crippen LogP contribution < -0.4 is 9.64 Å². The van der Waals surface area contributed by atoms with Gasteiger partial charge >= 0.3 is 0 Å². The maximum atomic E-state index is 12.3. The quantitative estimate of drug-likeness (QED) is 0.792. The first kappa shape index (κ1) is 18.7. The van der Waals surface area contributed by atoms with Crippen molar-refractivity contribution in [2.45, 2.75) is 19.8 Å². The number of anilines is 1. The smallest absolute Gasteiger partial charge is 0.236 e. The van der Waals surface area contributed by atoms with Crippen molar-refractivity contribution < 1.29 is 9.53 Å². The molecule has 2 aliphatic rings. The number of aromatic nitrogens is 2. The summed E-state index contributed by atoms with van der Waals surface area (Å²) >= 11 is 0. The van der Waals surface area contributed by atoms with Gasteiger partial charge in [-0.05, 0) is 31.9 Å². The van der Waals surface area contributed by atoms with Crippen LogP contribution in [-0.4, -0.2) is 71.5 Å². The molecule has 1 amide bonds. The highest BCUT2D eigenvalue weighted by Crippen LogP contribution is 2.23. The van der Waals surface area contributed by atoms with Crippen LogP contribution in [0.2, 0.25) is 0 Å². The number of piperazine rings is 1. The second-order valence-corrected chi connectivity index (χ2v) is 7.48. The zero-order chi connectivity index (χ0) is 19.3. The number of hydrogen-bond acceptors (Lipinski definition) is 6. The molecule has 7 nitrogen and oxygen atoms in total. The Morgan fingerprint density at radius 2 is 1.71 bits per heavy atom. The first-order valence-corrected chi connectivity index (χ1v) is 9.99. The summed E-state index contributed by atoms with van der Waals surface area (Å²) in [6, 6.07) is 9.78. The van der Waals surface area contributed by atoms with E-state index in [2.05, 4.69) is 19.8 Å². The molecular formula is C21H27N5O2. The Bertz CT molecular complexity index is 797. The van der Waals surface area contributed by atoms with Gasteiger partial charge in [-0.2, -0.15) is 0 Å². The topological polar surface area (TPSA) is 61.8 Å². The highest BCUT2D eigenvalue weighted by Gasteiger charge is 2.24. The molecule has 1 aromatic carbocycles. The summed E-state index contributed by atoms with van der Waals surface area (Å²) in [4.78, 5) is 27.4. The largest absolute Gasteiger partial charge is 0.439 e. The summed E-state index contributed by atoms with van der Waals surface area (Å²) in [5.74, 6) is 2.44. The van der Waals surface area contributed by atoms with E-state index in [0.717, 1.165) is 63.7 Å². The van der Waals surface area contributed by atoms with Gasteiger partial charge in [0.15, 0.2) is 0 Å². The molecule has 0 aliphatic carbocycles. The van der Waals surface area contributed by atoms with Gasteiger partial charge in [0.1, 0.15) is 17.9 Å². The molecule has 0 N–H and O–H groups in total. The molecule has 0 unspecified atom stereocenters. The van der Waals surface area contributed by atoms with E-state index in [1.807, 2.05) is 42.2 Å². The van der Waals surface area contributed by atoms with Crippen molar-refractivity contribution in [3.05, 3.63) is 42.2 Å². The Hall–Kier alpha value is -2.67. The van der Waals surface area contributed by atoms with Crippen LogP contribution in [0.1, 0.15) is 18.4 Å². The lowest BCUT2D eigenvalue weighted by Crippen LogP contribution is -2.50. The van der Waals surface area contributed by atoms with Gasteiger partial charge in [-0.3, -0.25) is 9.69 Å². The molecule has 148 valence electrons. The Morgan fingerprint density at radius 1 is 1.00 bits per heavy atom. The fourth-order valence-electron chi connectivity index (χ4n) is 3.68. The summed E-state index contributed by atoms with van der Waals surface area (Å²) in [6.07, 6.45) is 3.82. The lowest BCUT2D eigenvalue weighted by Gasteiger charge is -2.35. The third-order valence-electron chi connectivity index (χ3n) is 5.38. The van der Waals surface area contributed by atoms with Gasteiger partial charge in [0.2, 0.25) is 11.8 Å². The van der Waals surface area contributed by atoms with Crippen LogP contribution in [0.4, 0.5) is 5.82 Å². The number of carbonyl (C=O) groups excluding carboxylic acids is 1. The summed E-state index contributed by atoms with van der Waals surface area (Å²) in [6.45, 7) is 7.81. The van der Waals surface area contributed by atoms with Crippen molar-refractivity contribution in [2.75, 3.05) is 50.7 Å². The number of nitrogens with zero attached hydrogens (tertiary/aromatic N) is 5. The summed E-state index contributed by atoms with van der Waals surface area (Å²) in [5.41, 5.74) is 1.19. The van der Waals surface area contributed by atoms with Crippen LogP contribution in [0.25, 0.3) is 0 Å². The van der Waals surface area contributed by atoms with Gasteiger partial charge in [-0.15, -0.1) is 0 Å². The summed E-state index contributed by atoms with van der Waals surface area (Å²) in [5, 5.41) is 0. The van der Waals surface area contributed by atoms with E-state index in [1.165, 1.54) is 5.56 Å². The van der Waals surface area contributed by atoms with Crippen molar-refractivity contribution in [1.29, 1.82) is 0 Å². The molecule has 2 aromatic rings. The van der Waals surface area contributed by atoms with Crippen molar-refractivity contribution in [3.8, 4) is 11.6 Å². The van der Waals surface area contributed by atoms with Gasteiger partial charge in [-0.25, -0.2) is 9.97 Å². The van der Waals surface area contributed by atoms with Crippen LogP contribution in [-0.2, 0) is 4.79 Å². The monoisotopic (exact) mass is 381 g/mol. The number of likely N-dealkylation sites (tertiary alicyclic amines) is 1. The van der Waals surface area contributed by atoms with Gasteiger partial charge in [0.05, 0.1) is 6.54 Å². The maximum Gasteiger partial charge on any atom is 0.236 e. The minimum Gasteiger partial charge on any atom is -0.439 e. The Morgan fingerprint density at radius 3 is 2.43 bits per heavy atom. The average Bonchev–Trinajstić information content (AvgIpc) is 3.26. The van der Waals surface area contributed by atoms with Gasteiger partial charge < -0.3 is 14.5 Å². The molecule has 0 radical (unpaired) electrons. The van der Waals surface area contributed by atoms with Gasteiger partial charge in [-0.1, -0.05) is 17.7 Å². The second kappa shape index (κ2) is 8.56. The van der Waals surface area contributed by atoms with Crippen molar-refractivity contribution in [2.24, 2.45) is 0 Å². The lowest BCUT2D eigenvalue weighted by atomic mass is 10.2. The molecule has 0 atom stereocenters. The summed E-state index contributed by atoms with van der Waals surface area (Å²) in [7, 11) is 0. The van der Waals surface area contributed by atoms with E-state index >= 15 is 0 Å². The molecule has 2 aliphatic heterocycles. The predicted octanol–water partition coefficient (Wildman–Crippen LogP) is 2.32. The molecule has 4 rings (SSSR count). The standard InChI is InChI=1S/C21H27N5O2/c1-17-4-6-18(7-5-17)28-20-14-19(22-16-23-20)25-12-10-24(11-13-25)15-21(27)26-8-2-3-9-26/h4-7,14,16H,2-3,8-13,15H2,1H3. The molecular weight excluding hydrogens is 354 g/mol. The number of benzene rings is 1. The Labute approximate surface area is 165 Å². The van der Waals surface area contributed by atoms with Crippen molar-refractivity contribution in [1.82, 2.24) is 19.8 Å². The van der Waals surface area contributed by atoms with Crippen LogP contribution >= 0.6 is 0 Å².